The van der Waals surface area contributed by atoms with E-state index in [0.29, 0.717) is 22.4 Å². The Labute approximate surface area is 155 Å². The Hall–Kier alpha value is -3.41. The average Bonchev–Trinajstić information content (AvgIpc) is 2.96. The van der Waals surface area contributed by atoms with Crippen molar-refractivity contribution < 1.29 is 14.0 Å². The molecule has 0 saturated carbocycles. The molecule has 4 rings (SSSR count). The van der Waals surface area contributed by atoms with Crippen LogP contribution in [-0.2, 0) is 4.79 Å². The summed E-state index contributed by atoms with van der Waals surface area (Å²) in [6.07, 6.45) is 0. The molecule has 1 aliphatic rings. The fraction of sp³-hybridized carbons (Fsp3) is 0.190. The molecular weight excluding hydrogens is 344 g/mol. The van der Waals surface area contributed by atoms with E-state index in [1.807, 2.05) is 32.0 Å². The zero-order chi connectivity index (χ0) is 19.1. The van der Waals surface area contributed by atoms with Crippen LogP contribution in [0, 0.1) is 5.92 Å². The maximum Gasteiger partial charge on any atom is 0.344 e. The number of amides is 3. The lowest BCUT2D eigenvalue weighted by atomic mass is 10.0. The number of carbonyl (C=O) groups is 2. The summed E-state index contributed by atoms with van der Waals surface area (Å²) in [5.74, 6) is -0.263. The van der Waals surface area contributed by atoms with Crippen LogP contribution in [0.4, 0.5) is 10.5 Å². The number of fused-ring (bicyclic) bond motifs is 1. The van der Waals surface area contributed by atoms with Gasteiger partial charge in [0, 0.05) is 5.39 Å². The number of urea groups is 1. The van der Waals surface area contributed by atoms with Crippen LogP contribution in [0.25, 0.3) is 22.1 Å². The molecule has 27 heavy (non-hydrogen) atoms. The third-order valence-electron chi connectivity index (χ3n) is 4.71. The summed E-state index contributed by atoms with van der Waals surface area (Å²) < 4.78 is 5.37. The molecule has 0 radical (unpaired) electrons. The van der Waals surface area contributed by atoms with Crippen LogP contribution in [0.5, 0.6) is 0 Å². The second kappa shape index (κ2) is 6.39. The van der Waals surface area contributed by atoms with Crippen LogP contribution < -0.4 is 15.8 Å². The van der Waals surface area contributed by atoms with Gasteiger partial charge in [-0.2, -0.15) is 0 Å². The molecule has 1 N–H and O–H groups in total. The quantitative estimate of drug-likeness (QED) is 0.571. The summed E-state index contributed by atoms with van der Waals surface area (Å²) in [6, 6.07) is 14.8. The van der Waals surface area contributed by atoms with Gasteiger partial charge in [0.15, 0.2) is 0 Å². The number of nitrogens with one attached hydrogen (secondary N) is 1. The number of benzene rings is 2. The van der Waals surface area contributed by atoms with Crippen molar-refractivity contribution in [2.45, 2.75) is 19.9 Å². The van der Waals surface area contributed by atoms with Gasteiger partial charge in [-0.25, -0.2) is 14.5 Å². The molecule has 1 fully saturated rings. The number of anilines is 1. The Morgan fingerprint density at radius 1 is 1.00 bits per heavy atom. The lowest BCUT2D eigenvalue weighted by molar-refractivity contribution is -0.119. The number of imide groups is 1. The van der Waals surface area contributed by atoms with Gasteiger partial charge in [-0.1, -0.05) is 44.2 Å². The molecule has 6 nitrogen and oxygen atoms in total. The van der Waals surface area contributed by atoms with Crippen LogP contribution in [0.1, 0.15) is 13.8 Å². The zero-order valence-corrected chi connectivity index (χ0v) is 14.9. The monoisotopic (exact) mass is 362 g/mol. The van der Waals surface area contributed by atoms with Gasteiger partial charge in [-0.05, 0) is 35.7 Å². The topological polar surface area (TPSA) is 79.6 Å². The maximum atomic E-state index is 12.5. The fourth-order valence-corrected chi connectivity index (χ4v) is 3.25. The summed E-state index contributed by atoms with van der Waals surface area (Å²) in [5.41, 5.74) is 1.65. The number of nitrogens with zero attached hydrogens (tertiary/aromatic N) is 1. The normalized spacial score (nSPS) is 17.0. The van der Waals surface area contributed by atoms with E-state index in [0.717, 1.165) is 10.3 Å². The van der Waals surface area contributed by atoms with Gasteiger partial charge in [0.05, 0.1) is 11.3 Å². The second-order valence-electron chi connectivity index (χ2n) is 6.88. The van der Waals surface area contributed by atoms with E-state index in [9.17, 15) is 14.4 Å². The number of carbonyl (C=O) groups excluding carboxylic acids is 2. The minimum Gasteiger partial charge on any atom is -0.422 e. The van der Waals surface area contributed by atoms with E-state index < -0.39 is 17.7 Å². The Bertz CT molecular complexity index is 1100. The molecule has 1 aromatic heterocycles. The Balaban J connectivity index is 1.69. The standard InChI is InChI=1S/C21H18N2O4/c1-12(2)18-19(24)23(21(26)22-18)15-9-7-13(8-10-15)16-11-14-5-3-4-6-17(14)27-20(16)25/h3-12,18H,1-2H3,(H,22,26)/t18-/m0/s1. The van der Waals surface area contributed by atoms with Crippen molar-refractivity contribution in [3.8, 4) is 11.1 Å². The van der Waals surface area contributed by atoms with Gasteiger partial charge in [0.1, 0.15) is 11.6 Å². The second-order valence-corrected chi connectivity index (χ2v) is 6.88. The molecule has 1 atom stereocenters. The maximum absolute atomic E-state index is 12.5. The molecule has 2 heterocycles. The van der Waals surface area contributed by atoms with Crippen molar-refractivity contribution in [1.29, 1.82) is 0 Å². The Morgan fingerprint density at radius 3 is 2.37 bits per heavy atom. The summed E-state index contributed by atoms with van der Waals surface area (Å²) >= 11 is 0. The van der Waals surface area contributed by atoms with E-state index >= 15 is 0 Å². The lowest BCUT2D eigenvalue weighted by Crippen LogP contribution is -2.34. The summed E-state index contributed by atoms with van der Waals surface area (Å²) in [5, 5.41) is 3.52. The van der Waals surface area contributed by atoms with Crippen LogP contribution >= 0.6 is 0 Å². The molecular formula is C21H18N2O4. The van der Waals surface area contributed by atoms with Crippen molar-refractivity contribution in [3.05, 3.63) is 65.0 Å². The van der Waals surface area contributed by atoms with Crippen LogP contribution in [0.3, 0.4) is 0 Å². The van der Waals surface area contributed by atoms with Gasteiger partial charge in [0.2, 0.25) is 0 Å². The molecule has 1 saturated heterocycles. The molecule has 3 aromatic rings. The number of hydrogen-bond acceptors (Lipinski definition) is 4. The first-order chi connectivity index (χ1) is 13.0. The number of rotatable bonds is 3. The first-order valence-electron chi connectivity index (χ1n) is 8.73. The molecule has 3 amide bonds. The average molecular weight is 362 g/mol. The third kappa shape index (κ3) is 2.89. The van der Waals surface area contributed by atoms with Gasteiger partial charge in [-0.15, -0.1) is 0 Å². The van der Waals surface area contributed by atoms with Crippen molar-refractivity contribution in [2.24, 2.45) is 5.92 Å². The zero-order valence-electron chi connectivity index (χ0n) is 14.9. The highest BCUT2D eigenvalue weighted by atomic mass is 16.4. The molecule has 6 heteroatoms. The van der Waals surface area contributed by atoms with Crippen molar-refractivity contribution in [2.75, 3.05) is 4.90 Å². The number of para-hydroxylation sites is 1. The highest BCUT2D eigenvalue weighted by molar-refractivity contribution is 6.21. The van der Waals surface area contributed by atoms with Gasteiger partial charge in [-0.3, -0.25) is 4.79 Å². The summed E-state index contributed by atoms with van der Waals surface area (Å²) in [6.45, 7) is 3.77. The van der Waals surface area contributed by atoms with E-state index in [1.54, 1.807) is 36.4 Å². The van der Waals surface area contributed by atoms with Crippen molar-refractivity contribution >= 4 is 28.6 Å². The van der Waals surface area contributed by atoms with Gasteiger partial charge in [0.25, 0.3) is 5.91 Å². The van der Waals surface area contributed by atoms with E-state index in [4.69, 9.17) is 4.42 Å². The van der Waals surface area contributed by atoms with Crippen LogP contribution in [0.15, 0.2) is 63.8 Å². The van der Waals surface area contributed by atoms with Crippen molar-refractivity contribution in [1.82, 2.24) is 5.32 Å². The van der Waals surface area contributed by atoms with Crippen LogP contribution in [0.2, 0.25) is 0 Å². The highest BCUT2D eigenvalue weighted by Crippen LogP contribution is 2.26. The summed E-state index contributed by atoms with van der Waals surface area (Å²) in [7, 11) is 0. The Kier molecular flexibility index (Phi) is 4.03. The first-order valence-corrected chi connectivity index (χ1v) is 8.73. The molecule has 136 valence electrons. The molecule has 0 aliphatic carbocycles. The number of hydrogen-bond donors (Lipinski definition) is 1. The molecule has 0 bridgehead atoms. The minimum atomic E-state index is -0.523. The minimum absolute atomic E-state index is 0.00737. The molecule has 0 spiro atoms. The highest BCUT2D eigenvalue weighted by Gasteiger charge is 2.40. The smallest absolute Gasteiger partial charge is 0.344 e. The fourth-order valence-electron chi connectivity index (χ4n) is 3.25. The van der Waals surface area contributed by atoms with E-state index in [-0.39, 0.29) is 11.8 Å². The van der Waals surface area contributed by atoms with Gasteiger partial charge < -0.3 is 9.73 Å². The van der Waals surface area contributed by atoms with Gasteiger partial charge >= 0.3 is 11.7 Å². The molecule has 0 unspecified atom stereocenters. The van der Waals surface area contributed by atoms with Crippen molar-refractivity contribution in [3.63, 3.8) is 0 Å². The largest absolute Gasteiger partial charge is 0.422 e. The Morgan fingerprint density at radius 2 is 1.70 bits per heavy atom. The third-order valence-corrected chi connectivity index (χ3v) is 4.71. The molecule has 1 aliphatic heterocycles. The predicted octanol–water partition coefficient (Wildman–Crippen LogP) is 3.54. The summed E-state index contributed by atoms with van der Waals surface area (Å²) in [4.78, 5) is 38.1. The van der Waals surface area contributed by atoms with E-state index in [1.165, 1.54) is 0 Å². The molecule has 2 aromatic carbocycles. The van der Waals surface area contributed by atoms with E-state index in [2.05, 4.69) is 5.32 Å². The lowest BCUT2D eigenvalue weighted by Gasteiger charge is -2.15. The first kappa shape index (κ1) is 17.0. The predicted molar refractivity (Wildman–Crippen MR) is 103 cm³/mol. The SMILES string of the molecule is CC(C)[C@@H]1NC(=O)N(c2ccc(-c3cc4ccccc4oc3=O)cc2)C1=O. The van der Waals surface area contributed by atoms with Crippen LogP contribution in [-0.4, -0.2) is 18.0 Å².